The van der Waals surface area contributed by atoms with Gasteiger partial charge in [0.05, 0.1) is 12.7 Å². The van der Waals surface area contributed by atoms with E-state index in [1.54, 1.807) is 0 Å². The van der Waals surface area contributed by atoms with E-state index < -0.39 is 0 Å². The third-order valence-electron chi connectivity index (χ3n) is 3.23. The van der Waals surface area contributed by atoms with Crippen molar-refractivity contribution in [3.05, 3.63) is 0 Å². The molecule has 90 valence electrons. The van der Waals surface area contributed by atoms with Crippen molar-refractivity contribution in [3.63, 3.8) is 0 Å². The summed E-state index contributed by atoms with van der Waals surface area (Å²) >= 11 is 3.39. The van der Waals surface area contributed by atoms with Crippen molar-refractivity contribution in [3.8, 4) is 0 Å². The molecule has 0 amide bonds. The highest BCUT2D eigenvalue weighted by atomic mass is 79.9. The minimum atomic E-state index is 0.510. The van der Waals surface area contributed by atoms with Crippen molar-refractivity contribution in [1.82, 2.24) is 4.90 Å². The Kier molecular flexibility index (Phi) is 6.86. The first-order valence-electron chi connectivity index (χ1n) is 6.16. The summed E-state index contributed by atoms with van der Waals surface area (Å²) in [5.41, 5.74) is 0. The number of halogens is 1. The lowest BCUT2D eigenvalue weighted by molar-refractivity contribution is 0.0130. The van der Waals surface area contributed by atoms with Gasteiger partial charge in [-0.15, -0.1) is 0 Å². The van der Waals surface area contributed by atoms with E-state index in [1.165, 1.54) is 38.9 Å². The summed E-state index contributed by atoms with van der Waals surface area (Å²) in [4.78, 5) is 2.59. The standard InChI is InChI=1S/C12H24BrNO/c1-3-11(2)10-14-7-4-12(5-8-14)15-9-6-13/h11-12H,3-10H2,1-2H3. The van der Waals surface area contributed by atoms with Crippen LogP contribution in [0.5, 0.6) is 0 Å². The number of nitrogens with zero attached hydrogens (tertiary/aromatic N) is 1. The smallest absolute Gasteiger partial charge is 0.0599 e. The van der Waals surface area contributed by atoms with Crippen molar-refractivity contribution < 1.29 is 4.74 Å². The van der Waals surface area contributed by atoms with Crippen molar-refractivity contribution in [1.29, 1.82) is 0 Å². The van der Waals surface area contributed by atoms with Gasteiger partial charge in [-0.2, -0.15) is 0 Å². The minimum Gasteiger partial charge on any atom is -0.377 e. The number of piperidine rings is 1. The summed E-state index contributed by atoms with van der Waals surface area (Å²) in [6, 6.07) is 0. The Hall–Kier alpha value is 0.400. The average molecular weight is 278 g/mol. The highest BCUT2D eigenvalue weighted by Gasteiger charge is 2.20. The first-order valence-corrected chi connectivity index (χ1v) is 7.28. The van der Waals surface area contributed by atoms with E-state index in [-0.39, 0.29) is 0 Å². The van der Waals surface area contributed by atoms with Gasteiger partial charge >= 0.3 is 0 Å². The SMILES string of the molecule is CCC(C)CN1CCC(OCCBr)CC1. The number of hydrogen-bond acceptors (Lipinski definition) is 2. The van der Waals surface area contributed by atoms with Gasteiger partial charge in [-0.1, -0.05) is 36.2 Å². The second kappa shape index (κ2) is 7.64. The molecule has 1 saturated heterocycles. The summed E-state index contributed by atoms with van der Waals surface area (Å²) in [7, 11) is 0. The van der Waals surface area contributed by atoms with Crippen LogP contribution in [0.25, 0.3) is 0 Å². The molecule has 1 atom stereocenters. The summed E-state index contributed by atoms with van der Waals surface area (Å²) in [5.74, 6) is 0.838. The van der Waals surface area contributed by atoms with E-state index in [4.69, 9.17) is 4.74 Å². The van der Waals surface area contributed by atoms with Crippen LogP contribution >= 0.6 is 15.9 Å². The lowest BCUT2D eigenvalue weighted by atomic mass is 10.0. The maximum atomic E-state index is 5.74. The molecule has 0 saturated carbocycles. The molecule has 0 spiro atoms. The van der Waals surface area contributed by atoms with Gasteiger partial charge in [0.25, 0.3) is 0 Å². The van der Waals surface area contributed by atoms with Gasteiger partial charge in [-0.25, -0.2) is 0 Å². The molecule has 15 heavy (non-hydrogen) atoms. The highest BCUT2D eigenvalue weighted by Crippen LogP contribution is 2.15. The zero-order valence-corrected chi connectivity index (χ0v) is 11.6. The van der Waals surface area contributed by atoms with Crippen molar-refractivity contribution in [2.75, 3.05) is 31.6 Å². The predicted octanol–water partition coefficient (Wildman–Crippen LogP) is 2.91. The van der Waals surface area contributed by atoms with E-state index in [9.17, 15) is 0 Å². The fourth-order valence-electron chi connectivity index (χ4n) is 2.04. The summed E-state index contributed by atoms with van der Waals surface area (Å²) in [6.07, 6.45) is 4.23. The van der Waals surface area contributed by atoms with Crippen molar-refractivity contribution in [2.24, 2.45) is 5.92 Å². The summed E-state index contributed by atoms with van der Waals surface area (Å²) in [6.45, 7) is 9.18. The van der Waals surface area contributed by atoms with Gasteiger partial charge in [0.2, 0.25) is 0 Å². The minimum absolute atomic E-state index is 0.510. The average Bonchev–Trinajstić information content (AvgIpc) is 2.28. The van der Waals surface area contributed by atoms with Gasteiger partial charge < -0.3 is 9.64 Å². The molecule has 0 bridgehead atoms. The van der Waals surface area contributed by atoms with Gasteiger partial charge in [0.15, 0.2) is 0 Å². The van der Waals surface area contributed by atoms with Gasteiger partial charge in [-0.05, 0) is 18.8 Å². The number of hydrogen-bond donors (Lipinski definition) is 0. The molecule has 0 aromatic rings. The van der Waals surface area contributed by atoms with Crippen molar-refractivity contribution >= 4 is 15.9 Å². The van der Waals surface area contributed by atoms with Crippen LogP contribution in [0, 0.1) is 5.92 Å². The number of likely N-dealkylation sites (tertiary alicyclic amines) is 1. The molecule has 1 unspecified atom stereocenters. The van der Waals surface area contributed by atoms with Crippen LogP contribution in [0.1, 0.15) is 33.1 Å². The van der Waals surface area contributed by atoms with E-state index in [1.807, 2.05) is 0 Å². The molecule has 3 heteroatoms. The molecule has 0 aromatic carbocycles. The Morgan fingerprint density at radius 2 is 2.07 bits per heavy atom. The van der Waals surface area contributed by atoms with Crippen LogP contribution in [0.4, 0.5) is 0 Å². The Bertz CT molecular complexity index is 158. The fourth-order valence-corrected chi connectivity index (χ4v) is 2.23. The van der Waals surface area contributed by atoms with E-state index >= 15 is 0 Å². The summed E-state index contributed by atoms with van der Waals surface area (Å²) < 4.78 is 5.74. The molecule has 1 aliphatic heterocycles. The molecular formula is C12H24BrNO. The molecule has 1 aliphatic rings. The van der Waals surface area contributed by atoms with Gasteiger partial charge in [-0.3, -0.25) is 0 Å². The van der Waals surface area contributed by atoms with E-state index in [0.717, 1.165) is 17.9 Å². The molecule has 1 rings (SSSR count). The Labute approximate surface area is 102 Å². The van der Waals surface area contributed by atoms with E-state index in [0.29, 0.717) is 6.10 Å². The second-order valence-corrected chi connectivity index (χ2v) is 5.37. The monoisotopic (exact) mass is 277 g/mol. The topological polar surface area (TPSA) is 12.5 Å². The molecule has 2 nitrogen and oxygen atoms in total. The zero-order valence-electron chi connectivity index (χ0n) is 10.0. The van der Waals surface area contributed by atoms with Crippen LogP contribution in [0.3, 0.4) is 0 Å². The summed E-state index contributed by atoms with van der Waals surface area (Å²) in [5, 5.41) is 0.958. The highest BCUT2D eigenvalue weighted by molar-refractivity contribution is 9.09. The molecule has 0 aliphatic carbocycles. The van der Waals surface area contributed by atoms with Gasteiger partial charge in [0, 0.05) is 25.0 Å². The third-order valence-corrected chi connectivity index (χ3v) is 3.56. The quantitative estimate of drug-likeness (QED) is 0.693. The van der Waals surface area contributed by atoms with Crippen molar-refractivity contribution in [2.45, 2.75) is 39.2 Å². The lowest BCUT2D eigenvalue weighted by Gasteiger charge is -2.33. The third kappa shape index (κ3) is 5.32. The Morgan fingerprint density at radius 3 is 2.60 bits per heavy atom. The van der Waals surface area contributed by atoms with Crippen LogP contribution < -0.4 is 0 Å². The lowest BCUT2D eigenvalue weighted by Crippen LogP contribution is -2.39. The fraction of sp³-hybridized carbons (Fsp3) is 1.00. The number of ether oxygens (including phenoxy) is 1. The Balaban J connectivity index is 2.12. The first kappa shape index (κ1) is 13.5. The van der Waals surface area contributed by atoms with Crippen LogP contribution in [0.2, 0.25) is 0 Å². The molecule has 0 radical (unpaired) electrons. The zero-order chi connectivity index (χ0) is 11.1. The molecule has 0 aromatic heterocycles. The van der Waals surface area contributed by atoms with Crippen LogP contribution in [0.15, 0.2) is 0 Å². The van der Waals surface area contributed by atoms with Crippen LogP contribution in [-0.2, 0) is 4.74 Å². The van der Waals surface area contributed by atoms with E-state index in [2.05, 4.69) is 34.7 Å². The Morgan fingerprint density at radius 1 is 1.40 bits per heavy atom. The normalized spacial score (nSPS) is 21.8. The second-order valence-electron chi connectivity index (χ2n) is 4.57. The predicted molar refractivity (Wildman–Crippen MR) is 68.7 cm³/mol. The maximum absolute atomic E-state index is 5.74. The molecular weight excluding hydrogens is 254 g/mol. The number of alkyl halides is 1. The molecule has 1 fully saturated rings. The number of rotatable bonds is 6. The largest absolute Gasteiger partial charge is 0.377 e. The molecule has 1 heterocycles. The molecule has 0 N–H and O–H groups in total. The maximum Gasteiger partial charge on any atom is 0.0599 e. The van der Waals surface area contributed by atoms with Gasteiger partial charge in [0.1, 0.15) is 0 Å². The first-order chi connectivity index (χ1) is 7.26. The van der Waals surface area contributed by atoms with Crippen LogP contribution in [-0.4, -0.2) is 42.6 Å².